The highest BCUT2D eigenvalue weighted by atomic mass is 31.2. The summed E-state index contributed by atoms with van der Waals surface area (Å²) in [5, 5.41) is 0. The molecule has 0 spiro atoms. The molecule has 0 saturated heterocycles. The first-order valence-electron chi connectivity index (χ1n) is 11.0. The lowest BCUT2D eigenvalue weighted by atomic mass is 10.1. The molecular formula is C20H48FN2O3P. The zero-order chi connectivity index (χ0) is 21.2. The van der Waals surface area contributed by atoms with Crippen LogP contribution in [-0.4, -0.2) is 22.9 Å². The third kappa shape index (κ3) is 58.5. The molecule has 0 aromatic rings. The molecule has 0 aliphatic rings. The SMILES string of the molecule is CCCCCCCCCCN.CCCCCCCCCCN.O=P(O)(O)F. The van der Waals surface area contributed by atoms with Crippen molar-refractivity contribution in [3.63, 3.8) is 0 Å². The van der Waals surface area contributed by atoms with Crippen molar-refractivity contribution in [1.82, 2.24) is 0 Å². The Balaban J connectivity index is -0.000000344. The maximum Gasteiger partial charge on any atom is 0.507 e. The predicted octanol–water partition coefficient (Wildman–Crippen LogP) is 6.22. The van der Waals surface area contributed by atoms with Crippen molar-refractivity contribution >= 4 is 7.91 Å². The molecule has 0 aliphatic carbocycles. The van der Waals surface area contributed by atoms with Crippen molar-refractivity contribution in [1.29, 1.82) is 0 Å². The summed E-state index contributed by atoms with van der Waals surface area (Å²) in [6.07, 6.45) is 22.0. The Morgan fingerprint density at radius 3 is 0.963 bits per heavy atom. The molecule has 0 saturated carbocycles. The zero-order valence-electron chi connectivity index (χ0n) is 18.0. The molecule has 0 aliphatic heterocycles. The second-order valence-electron chi connectivity index (χ2n) is 7.00. The molecule has 0 atom stereocenters. The van der Waals surface area contributed by atoms with Crippen LogP contribution >= 0.6 is 7.91 Å². The number of nitrogens with two attached hydrogens (primary N) is 2. The van der Waals surface area contributed by atoms with Crippen LogP contribution in [-0.2, 0) is 4.57 Å². The van der Waals surface area contributed by atoms with Gasteiger partial charge in [-0.05, 0) is 25.9 Å². The maximum absolute atomic E-state index is 10.4. The van der Waals surface area contributed by atoms with E-state index in [-0.39, 0.29) is 0 Å². The molecule has 0 fully saturated rings. The van der Waals surface area contributed by atoms with Gasteiger partial charge in [-0.25, -0.2) is 4.57 Å². The van der Waals surface area contributed by atoms with E-state index in [1.165, 1.54) is 103 Å². The van der Waals surface area contributed by atoms with E-state index in [0.717, 1.165) is 13.1 Å². The smallest absolute Gasteiger partial charge is 0.330 e. The van der Waals surface area contributed by atoms with Crippen LogP contribution in [0.5, 0.6) is 0 Å². The molecular weight excluding hydrogens is 366 g/mol. The molecule has 0 heterocycles. The summed E-state index contributed by atoms with van der Waals surface area (Å²) >= 11 is 0. The predicted molar refractivity (Wildman–Crippen MR) is 116 cm³/mol. The Bertz CT molecular complexity index is 250. The summed E-state index contributed by atoms with van der Waals surface area (Å²) in [6.45, 7) is 6.26. The molecule has 0 aromatic heterocycles. The number of unbranched alkanes of at least 4 members (excludes halogenated alkanes) is 14. The van der Waals surface area contributed by atoms with Gasteiger partial charge in [-0.1, -0.05) is 104 Å². The lowest BCUT2D eigenvalue weighted by Gasteiger charge is -1.99. The highest BCUT2D eigenvalue weighted by molar-refractivity contribution is 7.45. The van der Waals surface area contributed by atoms with Gasteiger partial charge in [-0.3, -0.25) is 9.79 Å². The maximum atomic E-state index is 10.4. The topological polar surface area (TPSA) is 110 Å². The Labute approximate surface area is 168 Å². The van der Waals surface area contributed by atoms with E-state index in [2.05, 4.69) is 13.8 Å². The first kappa shape index (κ1) is 31.7. The fourth-order valence-corrected chi connectivity index (χ4v) is 2.56. The minimum atomic E-state index is -5.14. The highest BCUT2D eigenvalue weighted by Crippen LogP contribution is 2.35. The van der Waals surface area contributed by atoms with E-state index in [4.69, 9.17) is 25.8 Å². The summed E-state index contributed by atoms with van der Waals surface area (Å²) in [5.74, 6) is 0. The Morgan fingerprint density at radius 1 is 0.593 bits per heavy atom. The second kappa shape index (κ2) is 28.2. The molecule has 0 radical (unpaired) electrons. The van der Waals surface area contributed by atoms with Crippen molar-refractivity contribution in [3.8, 4) is 0 Å². The van der Waals surface area contributed by atoms with Gasteiger partial charge >= 0.3 is 7.91 Å². The van der Waals surface area contributed by atoms with Gasteiger partial charge in [0.15, 0.2) is 0 Å². The standard InChI is InChI=1S/2C10H23N.FH2O3P/c2*1-2-3-4-5-6-7-8-9-10-11;1-5(2,3)4/h2*2-11H2,1H3;(H2,2,3,4). The Hall–Kier alpha value is -0.0000000000000000555. The van der Waals surface area contributed by atoms with E-state index in [0.29, 0.717) is 0 Å². The van der Waals surface area contributed by atoms with Crippen LogP contribution in [0.2, 0.25) is 0 Å². The average molecular weight is 415 g/mol. The number of hydrogen-bond acceptors (Lipinski definition) is 3. The van der Waals surface area contributed by atoms with Crippen LogP contribution in [0.3, 0.4) is 0 Å². The van der Waals surface area contributed by atoms with Crippen LogP contribution in [0.15, 0.2) is 0 Å². The van der Waals surface area contributed by atoms with Crippen molar-refractivity contribution in [2.75, 3.05) is 13.1 Å². The molecule has 7 heteroatoms. The zero-order valence-corrected chi connectivity index (χ0v) is 18.9. The molecule has 6 N–H and O–H groups in total. The fraction of sp³-hybridized carbons (Fsp3) is 1.00. The van der Waals surface area contributed by atoms with Gasteiger partial charge in [-0.2, -0.15) is 0 Å². The van der Waals surface area contributed by atoms with Crippen LogP contribution in [0.4, 0.5) is 4.20 Å². The molecule has 0 aromatic carbocycles. The lowest BCUT2D eigenvalue weighted by Crippen LogP contribution is -1.97. The average Bonchev–Trinajstić information content (AvgIpc) is 2.59. The van der Waals surface area contributed by atoms with Crippen LogP contribution in [0.25, 0.3) is 0 Å². The third-order valence-corrected chi connectivity index (χ3v) is 4.12. The van der Waals surface area contributed by atoms with Gasteiger partial charge in [0, 0.05) is 0 Å². The van der Waals surface area contributed by atoms with Gasteiger partial charge in [0.1, 0.15) is 0 Å². The third-order valence-electron chi connectivity index (χ3n) is 4.12. The fourth-order valence-electron chi connectivity index (χ4n) is 2.56. The Kier molecular flexibility index (Phi) is 33.1. The van der Waals surface area contributed by atoms with Crippen molar-refractivity contribution < 1.29 is 18.5 Å². The minimum absolute atomic E-state index is 0.870. The lowest BCUT2D eigenvalue weighted by molar-refractivity contribution is 0.322. The van der Waals surface area contributed by atoms with Gasteiger partial charge in [0.2, 0.25) is 0 Å². The van der Waals surface area contributed by atoms with Crippen LogP contribution in [0.1, 0.15) is 117 Å². The highest BCUT2D eigenvalue weighted by Gasteiger charge is 2.04. The van der Waals surface area contributed by atoms with E-state index in [9.17, 15) is 4.20 Å². The minimum Gasteiger partial charge on any atom is -0.330 e. The van der Waals surface area contributed by atoms with E-state index < -0.39 is 7.91 Å². The summed E-state index contributed by atoms with van der Waals surface area (Å²) in [4.78, 5) is 13.9. The van der Waals surface area contributed by atoms with Gasteiger partial charge in [0.05, 0.1) is 0 Å². The monoisotopic (exact) mass is 414 g/mol. The normalized spacial score (nSPS) is 10.6. The van der Waals surface area contributed by atoms with E-state index in [1.54, 1.807) is 0 Å². The molecule has 27 heavy (non-hydrogen) atoms. The van der Waals surface area contributed by atoms with Gasteiger partial charge in [-0.15, -0.1) is 4.20 Å². The number of hydrogen-bond donors (Lipinski definition) is 4. The number of rotatable bonds is 16. The molecule has 0 bridgehead atoms. The summed E-state index contributed by atoms with van der Waals surface area (Å²) < 4.78 is 19.0. The van der Waals surface area contributed by atoms with E-state index in [1.807, 2.05) is 0 Å². The first-order valence-corrected chi connectivity index (χ1v) is 12.5. The van der Waals surface area contributed by atoms with Crippen molar-refractivity contribution in [2.45, 2.75) is 117 Å². The summed E-state index contributed by atoms with van der Waals surface area (Å²) in [6, 6.07) is 0. The van der Waals surface area contributed by atoms with E-state index >= 15 is 0 Å². The molecule has 0 rings (SSSR count). The van der Waals surface area contributed by atoms with Crippen LogP contribution in [0, 0.1) is 0 Å². The van der Waals surface area contributed by atoms with Crippen molar-refractivity contribution in [3.05, 3.63) is 0 Å². The van der Waals surface area contributed by atoms with Gasteiger partial charge < -0.3 is 11.5 Å². The molecule has 0 amide bonds. The summed E-state index contributed by atoms with van der Waals surface area (Å²) in [7, 11) is -5.14. The van der Waals surface area contributed by atoms with Crippen molar-refractivity contribution in [2.24, 2.45) is 11.5 Å². The first-order chi connectivity index (χ1) is 12.8. The largest absolute Gasteiger partial charge is 0.507 e. The molecule has 0 unspecified atom stereocenters. The Morgan fingerprint density at radius 2 is 0.778 bits per heavy atom. The molecule has 168 valence electrons. The second-order valence-corrected chi connectivity index (χ2v) is 7.95. The molecule has 5 nitrogen and oxygen atoms in total. The number of halogens is 1. The van der Waals surface area contributed by atoms with Gasteiger partial charge in [0.25, 0.3) is 0 Å². The van der Waals surface area contributed by atoms with Crippen LogP contribution < -0.4 is 11.5 Å². The quantitative estimate of drug-likeness (QED) is 0.177. The summed E-state index contributed by atoms with van der Waals surface area (Å²) in [5.41, 5.74) is 10.8.